The summed E-state index contributed by atoms with van der Waals surface area (Å²) in [5, 5.41) is 4.62. The predicted molar refractivity (Wildman–Crippen MR) is 99.3 cm³/mol. The molecule has 6 nitrogen and oxygen atoms in total. The number of fused-ring (bicyclic) bond motifs is 1. The molecule has 2 aromatic carbocycles. The van der Waals surface area contributed by atoms with Gasteiger partial charge in [0.2, 0.25) is 0 Å². The molecule has 2 aromatic heterocycles. The van der Waals surface area contributed by atoms with E-state index in [2.05, 4.69) is 10.1 Å². The Balaban J connectivity index is 1.51. The van der Waals surface area contributed by atoms with E-state index < -0.39 is 5.97 Å². The minimum Gasteiger partial charge on any atom is -0.423 e. The fourth-order valence-corrected chi connectivity index (χ4v) is 2.70. The zero-order valence-electron chi connectivity index (χ0n) is 13.9. The number of nitrogens with zero attached hydrogens (tertiary/aromatic N) is 3. The molecule has 4 rings (SSSR count). The van der Waals surface area contributed by atoms with Gasteiger partial charge in [0.05, 0.1) is 6.20 Å². The van der Waals surface area contributed by atoms with E-state index in [1.165, 1.54) is 10.7 Å². The first-order valence-electron chi connectivity index (χ1n) is 8.03. The van der Waals surface area contributed by atoms with Crippen molar-refractivity contribution in [1.29, 1.82) is 0 Å². The lowest BCUT2D eigenvalue weighted by molar-refractivity contribution is 0.0736. The largest absolute Gasteiger partial charge is 0.423 e. The zero-order chi connectivity index (χ0) is 18.8. The minimum atomic E-state index is -0.569. The Kier molecular flexibility index (Phi) is 4.40. The van der Waals surface area contributed by atoms with Crippen LogP contribution in [0.2, 0.25) is 5.02 Å². The van der Waals surface area contributed by atoms with E-state index in [0.29, 0.717) is 27.5 Å². The molecule has 132 valence electrons. The number of hydrogen-bond donors (Lipinski definition) is 0. The van der Waals surface area contributed by atoms with Crippen molar-refractivity contribution in [3.8, 4) is 5.75 Å². The molecule has 0 fully saturated rings. The van der Waals surface area contributed by atoms with Crippen molar-refractivity contribution in [3.63, 3.8) is 0 Å². The van der Waals surface area contributed by atoms with Crippen LogP contribution in [0, 0.1) is 0 Å². The number of ketones is 1. The molecule has 0 N–H and O–H groups in total. The second-order valence-electron chi connectivity index (χ2n) is 5.70. The molecule has 2 heterocycles. The standard InChI is InChI=1S/C20H12ClN3O3/c21-15-6-2-13(3-7-15)18(25)14-4-8-16(9-5-14)27-20(26)17-12-23-24-11-1-10-22-19(17)24/h1-12H. The summed E-state index contributed by atoms with van der Waals surface area (Å²) in [7, 11) is 0. The summed E-state index contributed by atoms with van der Waals surface area (Å²) in [6, 6.07) is 14.7. The molecule has 0 bridgehead atoms. The lowest BCUT2D eigenvalue weighted by atomic mass is 10.0. The van der Waals surface area contributed by atoms with Gasteiger partial charge in [0, 0.05) is 28.5 Å². The van der Waals surface area contributed by atoms with Gasteiger partial charge in [0.1, 0.15) is 11.3 Å². The van der Waals surface area contributed by atoms with Crippen LogP contribution in [0.1, 0.15) is 26.3 Å². The predicted octanol–water partition coefficient (Wildman–Crippen LogP) is 3.83. The van der Waals surface area contributed by atoms with Gasteiger partial charge in [-0.1, -0.05) is 11.6 Å². The maximum Gasteiger partial charge on any atom is 0.349 e. The molecule has 0 aliphatic carbocycles. The fourth-order valence-electron chi connectivity index (χ4n) is 2.58. The van der Waals surface area contributed by atoms with Gasteiger partial charge < -0.3 is 4.74 Å². The van der Waals surface area contributed by atoms with E-state index in [1.54, 1.807) is 67.0 Å². The molecule has 4 aromatic rings. The van der Waals surface area contributed by atoms with Crippen molar-refractivity contribution in [3.05, 3.63) is 94.9 Å². The Bertz CT molecular complexity index is 1140. The highest BCUT2D eigenvalue weighted by Crippen LogP contribution is 2.19. The summed E-state index contributed by atoms with van der Waals surface area (Å²) >= 11 is 5.84. The first kappa shape index (κ1) is 16.9. The number of rotatable bonds is 4. The molecule has 0 radical (unpaired) electrons. The SMILES string of the molecule is O=C(c1ccc(Cl)cc1)c1ccc(OC(=O)c2cnn3cccnc23)cc1. The number of carbonyl (C=O) groups excluding carboxylic acids is 2. The first-order chi connectivity index (χ1) is 13.1. The van der Waals surface area contributed by atoms with Crippen molar-refractivity contribution >= 4 is 29.0 Å². The average Bonchev–Trinajstić information content (AvgIpc) is 3.13. The maximum absolute atomic E-state index is 12.5. The molecular weight excluding hydrogens is 366 g/mol. The second kappa shape index (κ2) is 7.01. The van der Waals surface area contributed by atoms with E-state index in [9.17, 15) is 9.59 Å². The van der Waals surface area contributed by atoms with Crippen LogP contribution in [-0.4, -0.2) is 26.4 Å². The molecule has 0 unspecified atom stereocenters. The van der Waals surface area contributed by atoms with Crippen LogP contribution in [0.15, 0.2) is 73.2 Å². The molecule has 0 saturated heterocycles. The normalized spacial score (nSPS) is 10.7. The lowest BCUT2D eigenvalue weighted by Gasteiger charge is -2.05. The Morgan fingerprint density at radius 2 is 1.63 bits per heavy atom. The smallest absolute Gasteiger partial charge is 0.349 e. The number of aromatic nitrogens is 3. The maximum atomic E-state index is 12.5. The Morgan fingerprint density at radius 3 is 2.33 bits per heavy atom. The van der Waals surface area contributed by atoms with Crippen LogP contribution in [0.25, 0.3) is 5.65 Å². The number of hydrogen-bond acceptors (Lipinski definition) is 5. The van der Waals surface area contributed by atoms with E-state index in [1.807, 2.05) is 0 Å². The quantitative estimate of drug-likeness (QED) is 0.307. The van der Waals surface area contributed by atoms with Gasteiger partial charge >= 0.3 is 5.97 Å². The Labute approximate surface area is 159 Å². The number of halogens is 1. The fraction of sp³-hybridized carbons (Fsp3) is 0. The van der Waals surface area contributed by atoms with Crippen molar-refractivity contribution in [2.45, 2.75) is 0 Å². The van der Waals surface area contributed by atoms with Crippen molar-refractivity contribution < 1.29 is 14.3 Å². The van der Waals surface area contributed by atoms with Gasteiger partial charge in [0.25, 0.3) is 0 Å². The Hall–Kier alpha value is -3.51. The zero-order valence-corrected chi connectivity index (χ0v) is 14.6. The highest BCUT2D eigenvalue weighted by atomic mass is 35.5. The van der Waals surface area contributed by atoms with Gasteiger partial charge in [-0.15, -0.1) is 0 Å². The van der Waals surface area contributed by atoms with Crippen LogP contribution in [0.5, 0.6) is 5.75 Å². The molecule has 0 aliphatic heterocycles. The summed E-state index contributed by atoms with van der Waals surface area (Å²) < 4.78 is 6.85. The molecular formula is C20H12ClN3O3. The van der Waals surface area contributed by atoms with Crippen LogP contribution in [-0.2, 0) is 0 Å². The second-order valence-corrected chi connectivity index (χ2v) is 6.13. The van der Waals surface area contributed by atoms with Gasteiger partial charge in [-0.3, -0.25) is 4.79 Å². The lowest BCUT2D eigenvalue weighted by Crippen LogP contribution is -2.09. The van der Waals surface area contributed by atoms with Crippen molar-refractivity contribution in [1.82, 2.24) is 14.6 Å². The summed E-state index contributed by atoms with van der Waals surface area (Å²) in [6.07, 6.45) is 4.67. The molecule has 27 heavy (non-hydrogen) atoms. The molecule has 0 spiro atoms. The summed E-state index contributed by atoms with van der Waals surface area (Å²) in [5.74, 6) is -0.389. The topological polar surface area (TPSA) is 73.6 Å². The third kappa shape index (κ3) is 3.43. The van der Waals surface area contributed by atoms with Gasteiger partial charge in [-0.05, 0) is 54.6 Å². The molecule has 0 amide bonds. The van der Waals surface area contributed by atoms with E-state index >= 15 is 0 Å². The van der Waals surface area contributed by atoms with Crippen LogP contribution < -0.4 is 4.74 Å². The molecule has 7 heteroatoms. The molecule has 0 saturated carbocycles. The van der Waals surface area contributed by atoms with E-state index in [0.717, 1.165) is 0 Å². The van der Waals surface area contributed by atoms with Crippen LogP contribution >= 0.6 is 11.6 Å². The van der Waals surface area contributed by atoms with Gasteiger partial charge in [0.15, 0.2) is 11.4 Å². The highest BCUT2D eigenvalue weighted by molar-refractivity contribution is 6.30. The Morgan fingerprint density at radius 1 is 0.963 bits per heavy atom. The highest BCUT2D eigenvalue weighted by Gasteiger charge is 2.16. The summed E-state index contributed by atoms with van der Waals surface area (Å²) in [5.41, 5.74) is 1.69. The summed E-state index contributed by atoms with van der Waals surface area (Å²) in [4.78, 5) is 28.9. The monoisotopic (exact) mass is 377 g/mol. The van der Waals surface area contributed by atoms with Crippen LogP contribution in [0.4, 0.5) is 0 Å². The molecule has 0 aliphatic rings. The average molecular weight is 378 g/mol. The minimum absolute atomic E-state index is 0.142. The van der Waals surface area contributed by atoms with Crippen molar-refractivity contribution in [2.24, 2.45) is 0 Å². The van der Waals surface area contributed by atoms with E-state index in [4.69, 9.17) is 16.3 Å². The third-order valence-corrected chi connectivity index (χ3v) is 4.18. The number of ether oxygens (including phenoxy) is 1. The number of carbonyl (C=O) groups is 2. The third-order valence-electron chi connectivity index (χ3n) is 3.93. The van der Waals surface area contributed by atoms with Crippen LogP contribution in [0.3, 0.4) is 0 Å². The molecule has 0 atom stereocenters. The van der Waals surface area contributed by atoms with Gasteiger partial charge in [-0.25, -0.2) is 14.3 Å². The van der Waals surface area contributed by atoms with Gasteiger partial charge in [-0.2, -0.15) is 5.10 Å². The van der Waals surface area contributed by atoms with Crippen molar-refractivity contribution in [2.75, 3.05) is 0 Å². The summed E-state index contributed by atoms with van der Waals surface area (Å²) in [6.45, 7) is 0. The number of benzene rings is 2. The van der Waals surface area contributed by atoms with E-state index in [-0.39, 0.29) is 11.3 Å². The number of esters is 1. The first-order valence-corrected chi connectivity index (χ1v) is 8.40.